The molecule has 2 aliphatic carbocycles. The number of hydrogen-bond donors (Lipinski definition) is 1. The highest BCUT2D eigenvalue weighted by Crippen LogP contribution is 2.51. The molecule has 1 fully saturated rings. The van der Waals surface area contributed by atoms with E-state index < -0.39 is 6.04 Å². The van der Waals surface area contributed by atoms with Crippen molar-refractivity contribution in [3.63, 3.8) is 0 Å². The summed E-state index contributed by atoms with van der Waals surface area (Å²) in [6, 6.07) is 21.0. The predicted molar refractivity (Wildman–Crippen MR) is 150 cm³/mol. The van der Waals surface area contributed by atoms with Crippen molar-refractivity contribution in [3.05, 3.63) is 89.1 Å². The number of anilines is 2. The quantitative estimate of drug-likeness (QED) is 0.425. The number of hydrogen-bond acceptors (Lipinski definition) is 6. The number of fused-ring (bicyclic) bond motifs is 1. The lowest BCUT2D eigenvalue weighted by Crippen LogP contribution is -2.39. The predicted octanol–water partition coefficient (Wildman–Crippen LogP) is 6.02. The van der Waals surface area contributed by atoms with Gasteiger partial charge in [-0.25, -0.2) is 0 Å². The zero-order valence-electron chi connectivity index (χ0n) is 22.4. The Morgan fingerprint density at radius 3 is 2.15 bits per heavy atom. The molecule has 39 heavy (non-hydrogen) atoms. The number of allylic oxidation sites excluding steroid dienone is 1. The highest BCUT2D eigenvalue weighted by atomic mass is 16.5. The van der Waals surface area contributed by atoms with Crippen molar-refractivity contribution < 1.29 is 23.8 Å². The molecule has 3 aromatic carbocycles. The maximum atomic E-state index is 14.2. The van der Waals surface area contributed by atoms with E-state index in [4.69, 9.17) is 14.2 Å². The largest absolute Gasteiger partial charge is 0.493 e. The number of para-hydroxylation sites is 2. The minimum absolute atomic E-state index is 0.0229. The molecule has 0 radical (unpaired) electrons. The van der Waals surface area contributed by atoms with Crippen molar-refractivity contribution in [2.75, 3.05) is 31.5 Å². The van der Waals surface area contributed by atoms with Gasteiger partial charge in [0.15, 0.2) is 17.3 Å². The fraction of sp³-hybridized carbons (Fsp3) is 0.312. The van der Waals surface area contributed by atoms with Crippen LogP contribution in [0.5, 0.6) is 17.2 Å². The maximum Gasteiger partial charge on any atom is 0.231 e. The molecule has 0 saturated heterocycles. The maximum absolute atomic E-state index is 14.2. The molecule has 0 unspecified atom stereocenters. The lowest BCUT2D eigenvalue weighted by atomic mass is 9.78. The lowest BCUT2D eigenvalue weighted by Gasteiger charge is -2.35. The Morgan fingerprint density at radius 2 is 1.51 bits per heavy atom. The van der Waals surface area contributed by atoms with Crippen molar-refractivity contribution in [2.24, 2.45) is 5.92 Å². The van der Waals surface area contributed by atoms with E-state index in [9.17, 15) is 9.59 Å². The molecule has 1 N–H and O–H groups in total. The molecule has 6 rings (SSSR count). The summed E-state index contributed by atoms with van der Waals surface area (Å²) in [5.74, 6) is 1.45. The van der Waals surface area contributed by atoms with Crippen LogP contribution in [0.3, 0.4) is 0 Å². The number of methoxy groups -OCH3 is 3. The van der Waals surface area contributed by atoms with Crippen molar-refractivity contribution in [2.45, 2.75) is 37.6 Å². The smallest absolute Gasteiger partial charge is 0.231 e. The standard InChI is InChI=1S/C32H32N2O5/c1-37-27-17-22(18-28(38-2)31(27)39-3)30-29-24(15-21(16-26(29)35)19-9-5-4-6-10-19)33-23-11-7-8-12-25(23)34(30)32(36)20-13-14-20/h4-12,17-18,20-21,30,33H,13-16H2,1-3H3/t21-,30-/m1/s1. The van der Waals surface area contributed by atoms with E-state index in [0.717, 1.165) is 41.0 Å². The van der Waals surface area contributed by atoms with Crippen molar-refractivity contribution in [1.29, 1.82) is 0 Å². The van der Waals surface area contributed by atoms with Crippen LogP contribution in [0.1, 0.15) is 48.8 Å². The monoisotopic (exact) mass is 524 g/mol. The second kappa shape index (κ2) is 10.1. The molecule has 3 aromatic rings. The SMILES string of the molecule is COc1cc([C@@H]2C3=C(C[C@@H](c4ccccc4)CC3=O)Nc3ccccc3N2C(=O)C2CC2)cc(OC)c1OC. The first-order valence-electron chi connectivity index (χ1n) is 13.3. The topological polar surface area (TPSA) is 77.1 Å². The van der Waals surface area contributed by atoms with E-state index in [-0.39, 0.29) is 23.5 Å². The van der Waals surface area contributed by atoms with Gasteiger partial charge in [0.25, 0.3) is 0 Å². The van der Waals surface area contributed by atoms with Gasteiger partial charge in [-0.2, -0.15) is 0 Å². The van der Waals surface area contributed by atoms with Crippen molar-refractivity contribution in [3.8, 4) is 17.2 Å². The van der Waals surface area contributed by atoms with Crippen LogP contribution < -0.4 is 24.4 Å². The number of nitrogens with zero attached hydrogens (tertiary/aromatic N) is 1. The van der Waals surface area contributed by atoms with Gasteiger partial charge in [0.1, 0.15) is 0 Å². The van der Waals surface area contributed by atoms with E-state index in [0.29, 0.717) is 35.7 Å². The minimum Gasteiger partial charge on any atom is -0.493 e. The third-order valence-corrected chi connectivity index (χ3v) is 7.93. The van der Waals surface area contributed by atoms with Crippen LogP contribution in [0.4, 0.5) is 11.4 Å². The first-order valence-corrected chi connectivity index (χ1v) is 13.3. The van der Waals surface area contributed by atoms with E-state index in [1.165, 1.54) is 0 Å². The summed E-state index contributed by atoms with van der Waals surface area (Å²) < 4.78 is 16.9. The molecular formula is C32H32N2O5. The Bertz CT molecular complexity index is 1440. The number of ether oxygens (including phenoxy) is 3. The van der Waals surface area contributed by atoms with Crippen molar-refractivity contribution in [1.82, 2.24) is 0 Å². The normalized spacial score (nSPS) is 20.4. The van der Waals surface area contributed by atoms with Gasteiger partial charge in [-0.3, -0.25) is 14.5 Å². The van der Waals surface area contributed by atoms with Crippen molar-refractivity contribution >= 4 is 23.1 Å². The molecule has 2 atom stereocenters. The number of ketones is 1. The summed E-state index contributed by atoms with van der Waals surface area (Å²) in [6.07, 6.45) is 2.73. The number of benzene rings is 3. The summed E-state index contributed by atoms with van der Waals surface area (Å²) in [6.45, 7) is 0. The highest BCUT2D eigenvalue weighted by molar-refractivity contribution is 6.07. The Kier molecular flexibility index (Phi) is 6.51. The van der Waals surface area contributed by atoms with Crippen LogP contribution in [-0.2, 0) is 9.59 Å². The number of carbonyl (C=O) groups is 2. The van der Waals surface area contributed by atoms with Gasteiger partial charge in [-0.15, -0.1) is 0 Å². The molecule has 0 aromatic heterocycles. The lowest BCUT2D eigenvalue weighted by molar-refractivity contribution is -0.120. The molecular weight excluding hydrogens is 492 g/mol. The molecule has 3 aliphatic rings. The Morgan fingerprint density at radius 1 is 0.846 bits per heavy atom. The van der Waals surface area contributed by atoms with Crippen LogP contribution in [0.15, 0.2) is 78.0 Å². The average Bonchev–Trinajstić information content (AvgIpc) is 3.83. The Balaban J connectivity index is 1.59. The highest BCUT2D eigenvalue weighted by Gasteiger charge is 2.45. The number of nitrogens with one attached hydrogen (secondary N) is 1. The molecule has 1 amide bonds. The van der Waals surface area contributed by atoms with Gasteiger partial charge in [0.05, 0.1) is 38.7 Å². The van der Waals surface area contributed by atoms with Gasteiger partial charge in [-0.1, -0.05) is 42.5 Å². The van der Waals surface area contributed by atoms with Crippen LogP contribution >= 0.6 is 0 Å². The summed E-state index contributed by atoms with van der Waals surface area (Å²) in [5.41, 5.74) is 4.89. The third kappa shape index (κ3) is 4.42. The second-order valence-electron chi connectivity index (χ2n) is 10.3. The van der Waals surface area contributed by atoms with E-state index in [1.807, 2.05) is 59.5 Å². The minimum atomic E-state index is -0.651. The zero-order valence-corrected chi connectivity index (χ0v) is 22.4. The van der Waals surface area contributed by atoms with Crippen LogP contribution in [0.2, 0.25) is 0 Å². The van der Waals surface area contributed by atoms with E-state index in [1.54, 1.807) is 21.3 Å². The molecule has 7 heteroatoms. The van der Waals surface area contributed by atoms with Gasteiger partial charge in [0, 0.05) is 23.6 Å². The van der Waals surface area contributed by atoms with E-state index >= 15 is 0 Å². The molecule has 0 bridgehead atoms. The molecule has 200 valence electrons. The summed E-state index contributed by atoms with van der Waals surface area (Å²) in [7, 11) is 4.70. The average molecular weight is 525 g/mol. The number of Topliss-reactive ketones (excluding diaryl/α,β-unsaturated/α-hetero) is 1. The number of amides is 1. The van der Waals surface area contributed by atoms with Crippen LogP contribution in [-0.4, -0.2) is 33.0 Å². The number of rotatable bonds is 6. The van der Waals surface area contributed by atoms with Gasteiger partial charge < -0.3 is 19.5 Å². The third-order valence-electron chi connectivity index (χ3n) is 7.93. The first-order chi connectivity index (χ1) is 19.0. The molecule has 1 saturated carbocycles. The summed E-state index contributed by atoms with van der Waals surface area (Å²) in [5, 5.41) is 3.59. The van der Waals surface area contributed by atoms with Crippen LogP contribution in [0, 0.1) is 5.92 Å². The van der Waals surface area contributed by atoms with Crippen LogP contribution in [0.25, 0.3) is 0 Å². The fourth-order valence-corrected chi connectivity index (χ4v) is 5.90. The van der Waals surface area contributed by atoms with Gasteiger partial charge in [-0.05, 0) is 60.6 Å². The summed E-state index contributed by atoms with van der Waals surface area (Å²) in [4.78, 5) is 30.0. The second-order valence-corrected chi connectivity index (χ2v) is 10.3. The summed E-state index contributed by atoms with van der Waals surface area (Å²) >= 11 is 0. The first kappa shape index (κ1) is 25.0. The van der Waals surface area contributed by atoms with Gasteiger partial charge >= 0.3 is 0 Å². The van der Waals surface area contributed by atoms with Gasteiger partial charge in [0.2, 0.25) is 11.7 Å². The molecule has 7 nitrogen and oxygen atoms in total. The Labute approximate surface area is 228 Å². The zero-order chi connectivity index (χ0) is 27.1. The number of carbonyl (C=O) groups excluding carboxylic acids is 2. The molecule has 0 spiro atoms. The molecule has 1 heterocycles. The Hall–Kier alpha value is -4.26. The van der Waals surface area contributed by atoms with E-state index in [2.05, 4.69) is 17.4 Å². The molecule has 1 aliphatic heterocycles. The fourth-order valence-electron chi connectivity index (χ4n) is 5.90.